The van der Waals surface area contributed by atoms with Gasteiger partial charge in [0, 0.05) is 38.0 Å². The van der Waals surface area contributed by atoms with Gasteiger partial charge in [-0.2, -0.15) is 0 Å². The number of amides is 2. The molecule has 0 radical (unpaired) electrons. The Morgan fingerprint density at radius 3 is 1.15 bits per heavy atom. The van der Waals surface area contributed by atoms with Crippen LogP contribution in [-0.4, -0.2) is 47.8 Å². The fraction of sp³-hybridized carbons (Fsp3) is 0.875. The van der Waals surface area contributed by atoms with Crippen molar-refractivity contribution >= 4 is 11.8 Å². The smallest absolute Gasteiger partial charge is 0.225 e. The van der Waals surface area contributed by atoms with Crippen LogP contribution in [0.3, 0.4) is 0 Å². The highest BCUT2D eigenvalue weighted by molar-refractivity contribution is 5.81. The molecule has 1 aliphatic rings. The molecular weight excluding hydrogens is 252 g/mol. The van der Waals surface area contributed by atoms with Crippen LogP contribution in [0.5, 0.6) is 0 Å². The number of hydrogen-bond acceptors (Lipinski definition) is 2. The van der Waals surface area contributed by atoms with E-state index in [0.29, 0.717) is 0 Å². The highest BCUT2D eigenvalue weighted by atomic mass is 16.2. The van der Waals surface area contributed by atoms with Crippen LogP contribution in [0.25, 0.3) is 0 Å². The Kier molecular flexibility index (Phi) is 7.03. The van der Waals surface area contributed by atoms with Gasteiger partial charge in [-0.05, 0) is 53.4 Å². The summed E-state index contributed by atoms with van der Waals surface area (Å²) in [7, 11) is 0. The quantitative estimate of drug-likeness (QED) is 0.751. The Morgan fingerprint density at radius 2 is 0.950 bits per heavy atom. The lowest BCUT2D eigenvalue weighted by Crippen LogP contribution is -2.41. The molecule has 0 N–H and O–H groups in total. The second-order valence-corrected chi connectivity index (χ2v) is 5.57. The molecule has 0 aromatic rings. The van der Waals surface area contributed by atoms with Crippen molar-refractivity contribution in [1.82, 2.24) is 9.80 Å². The van der Waals surface area contributed by atoms with E-state index in [4.69, 9.17) is 0 Å². The van der Waals surface area contributed by atoms with Crippen molar-refractivity contribution in [3.05, 3.63) is 0 Å². The maximum atomic E-state index is 12.3. The first kappa shape index (κ1) is 17.0. The fourth-order valence-electron chi connectivity index (χ4n) is 3.17. The van der Waals surface area contributed by atoms with Gasteiger partial charge in [0.15, 0.2) is 0 Å². The van der Waals surface area contributed by atoms with Crippen LogP contribution < -0.4 is 0 Å². The molecule has 0 aromatic heterocycles. The molecule has 0 bridgehead atoms. The van der Waals surface area contributed by atoms with Crippen LogP contribution in [0.2, 0.25) is 0 Å². The lowest BCUT2D eigenvalue weighted by molar-refractivity contribution is -0.141. The first-order valence-corrected chi connectivity index (χ1v) is 8.16. The summed E-state index contributed by atoms with van der Waals surface area (Å²) in [6.45, 7) is 11.2. The van der Waals surface area contributed by atoms with Crippen LogP contribution in [0.4, 0.5) is 0 Å². The van der Waals surface area contributed by atoms with Crippen LogP contribution in [-0.2, 0) is 9.59 Å². The molecule has 0 saturated heterocycles. The van der Waals surface area contributed by atoms with Gasteiger partial charge in [0.2, 0.25) is 11.8 Å². The molecule has 0 atom stereocenters. The van der Waals surface area contributed by atoms with E-state index >= 15 is 0 Å². The van der Waals surface area contributed by atoms with E-state index in [1.165, 1.54) is 0 Å². The fourth-order valence-corrected chi connectivity index (χ4v) is 3.17. The van der Waals surface area contributed by atoms with Gasteiger partial charge in [-0.1, -0.05) is 0 Å². The monoisotopic (exact) mass is 282 g/mol. The van der Waals surface area contributed by atoms with Crippen LogP contribution in [0.1, 0.15) is 53.4 Å². The number of rotatable bonds is 6. The Morgan fingerprint density at radius 1 is 0.700 bits per heavy atom. The molecule has 0 unspecified atom stereocenters. The Bertz CT molecular complexity index is 282. The second-order valence-electron chi connectivity index (χ2n) is 5.57. The minimum Gasteiger partial charge on any atom is -0.343 e. The Hall–Kier alpha value is -1.06. The Balaban J connectivity index is 2.51. The molecular formula is C16H30N2O2. The number of carbonyl (C=O) groups is 2. The summed E-state index contributed by atoms with van der Waals surface area (Å²) < 4.78 is 0. The number of hydrogen-bond donors (Lipinski definition) is 0. The molecule has 2 amide bonds. The summed E-state index contributed by atoms with van der Waals surface area (Å²) in [5.74, 6) is 0.832. The highest BCUT2D eigenvalue weighted by Gasteiger charge is 2.32. The van der Waals surface area contributed by atoms with Crippen molar-refractivity contribution in [2.24, 2.45) is 11.8 Å². The first-order chi connectivity index (χ1) is 9.58. The Labute approximate surface area is 123 Å². The first-order valence-electron chi connectivity index (χ1n) is 8.16. The van der Waals surface area contributed by atoms with Gasteiger partial charge in [0.1, 0.15) is 0 Å². The molecule has 116 valence electrons. The zero-order valence-corrected chi connectivity index (χ0v) is 13.5. The molecule has 20 heavy (non-hydrogen) atoms. The van der Waals surface area contributed by atoms with E-state index in [-0.39, 0.29) is 23.7 Å². The third kappa shape index (κ3) is 3.97. The van der Waals surface area contributed by atoms with Gasteiger partial charge in [0.05, 0.1) is 0 Å². The van der Waals surface area contributed by atoms with Crippen LogP contribution in [0, 0.1) is 11.8 Å². The van der Waals surface area contributed by atoms with E-state index in [0.717, 1.165) is 51.9 Å². The van der Waals surface area contributed by atoms with E-state index in [9.17, 15) is 9.59 Å². The summed E-state index contributed by atoms with van der Waals surface area (Å²) in [6.07, 6.45) is 3.47. The lowest BCUT2D eigenvalue weighted by atomic mass is 9.80. The van der Waals surface area contributed by atoms with Gasteiger partial charge < -0.3 is 9.80 Å². The molecule has 1 rings (SSSR count). The molecule has 0 aromatic carbocycles. The van der Waals surface area contributed by atoms with E-state index in [2.05, 4.69) is 0 Å². The molecule has 0 heterocycles. The molecule has 4 nitrogen and oxygen atoms in total. The van der Waals surface area contributed by atoms with Crippen molar-refractivity contribution in [3.63, 3.8) is 0 Å². The van der Waals surface area contributed by atoms with Gasteiger partial charge in [-0.25, -0.2) is 0 Å². The standard InChI is InChI=1S/C16H30N2O2/c1-5-17(6-2)15(19)13-9-11-14(12-10-13)16(20)18(7-3)8-4/h13-14H,5-12H2,1-4H3. The highest BCUT2D eigenvalue weighted by Crippen LogP contribution is 2.31. The summed E-state index contributed by atoms with van der Waals surface area (Å²) in [5, 5.41) is 0. The van der Waals surface area contributed by atoms with Crippen LogP contribution >= 0.6 is 0 Å². The predicted octanol–water partition coefficient (Wildman–Crippen LogP) is 2.53. The van der Waals surface area contributed by atoms with E-state index < -0.39 is 0 Å². The second kappa shape index (κ2) is 8.28. The van der Waals surface area contributed by atoms with Gasteiger partial charge in [-0.15, -0.1) is 0 Å². The topological polar surface area (TPSA) is 40.6 Å². The zero-order valence-electron chi connectivity index (χ0n) is 13.5. The van der Waals surface area contributed by atoms with E-state index in [1.807, 2.05) is 37.5 Å². The molecule has 0 aliphatic heterocycles. The largest absolute Gasteiger partial charge is 0.343 e. The predicted molar refractivity (Wildman–Crippen MR) is 81.3 cm³/mol. The van der Waals surface area contributed by atoms with Crippen LogP contribution in [0.15, 0.2) is 0 Å². The molecule has 1 saturated carbocycles. The summed E-state index contributed by atoms with van der Waals surface area (Å²) in [4.78, 5) is 28.5. The maximum absolute atomic E-state index is 12.3. The maximum Gasteiger partial charge on any atom is 0.225 e. The molecule has 1 fully saturated rings. The van der Waals surface area contributed by atoms with Gasteiger partial charge >= 0.3 is 0 Å². The summed E-state index contributed by atoms with van der Waals surface area (Å²) >= 11 is 0. The normalized spacial score (nSPS) is 22.4. The van der Waals surface area contributed by atoms with Crippen molar-refractivity contribution < 1.29 is 9.59 Å². The molecule has 0 spiro atoms. The molecule has 4 heteroatoms. The van der Waals surface area contributed by atoms with Crippen molar-refractivity contribution in [2.45, 2.75) is 53.4 Å². The lowest BCUT2D eigenvalue weighted by Gasteiger charge is -2.33. The average molecular weight is 282 g/mol. The minimum absolute atomic E-state index is 0.135. The van der Waals surface area contributed by atoms with E-state index in [1.54, 1.807) is 0 Å². The van der Waals surface area contributed by atoms with Crippen molar-refractivity contribution in [3.8, 4) is 0 Å². The molecule has 1 aliphatic carbocycles. The van der Waals surface area contributed by atoms with Crippen molar-refractivity contribution in [2.75, 3.05) is 26.2 Å². The van der Waals surface area contributed by atoms with Gasteiger partial charge in [0.25, 0.3) is 0 Å². The minimum atomic E-state index is 0.135. The SMILES string of the molecule is CCN(CC)C(=O)C1CCC(C(=O)N(CC)CC)CC1. The summed E-state index contributed by atoms with van der Waals surface area (Å²) in [6, 6.07) is 0. The number of carbonyl (C=O) groups excluding carboxylic acids is 2. The third-order valence-corrected chi connectivity index (χ3v) is 4.58. The van der Waals surface area contributed by atoms with Gasteiger partial charge in [-0.3, -0.25) is 9.59 Å². The third-order valence-electron chi connectivity index (χ3n) is 4.58. The average Bonchev–Trinajstić information content (AvgIpc) is 2.49. The van der Waals surface area contributed by atoms with Crippen molar-refractivity contribution in [1.29, 1.82) is 0 Å². The summed E-state index contributed by atoms with van der Waals surface area (Å²) in [5.41, 5.74) is 0. The number of nitrogens with zero attached hydrogens (tertiary/aromatic N) is 2. The zero-order chi connectivity index (χ0) is 15.1.